The van der Waals surface area contributed by atoms with Crippen LogP contribution >= 0.6 is 0 Å². The van der Waals surface area contributed by atoms with Gasteiger partial charge in [-0.2, -0.15) is 0 Å². The van der Waals surface area contributed by atoms with E-state index in [-0.39, 0.29) is 34.0 Å². The highest BCUT2D eigenvalue weighted by atomic mass is 19.1. The highest BCUT2D eigenvalue weighted by molar-refractivity contribution is 5.93. The highest BCUT2D eigenvalue weighted by Gasteiger charge is 2.15. The molecule has 5 aromatic carbocycles. The molecule has 0 atom stereocenters. The van der Waals surface area contributed by atoms with Crippen LogP contribution in [0.4, 0.5) is 24.5 Å². The predicted octanol–water partition coefficient (Wildman–Crippen LogP) is 16.6. The Kier molecular flexibility index (Phi) is 24.1. The van der Waals surface area contributed by atoms with Crippen molar-refractivity contribution >= 4 is 35.7 Å². The summed E-state index contributed by atoms with van der Waals surface area (Å²) >= 11 is 0. The van der Waals surface area contributed by atoms with Crippen molar-refractivity contribution in [2.24, 2.45) is 9.98 Å². The van der Waals surface area contributed by atoms with Crippen molar-refractivity contribution in [1.82, 2.24) is 0 Å². The lowest BCUT2D eigenvalue weighted by molar-refractivity contribution is 0.0732. The van der Waals surface area contributed by atoms with Crippen molar-refractivity contribution in [3.05, 3.63) is 143 Å². The molecule has 8 nitrogen and oxygen atoms in total. The van der Waals surface area contributed by atoms with Crippen molar-refractivity contribution in [2.75, 3.05) is 13.2 Å². The molecule has 0 unspecified atom stereocenters. The molecule has 0 fully saturated rings. The largest absolute Gasteiger partial charge is 0.493 e. The summed E-state index contributed by atoms with van der Waals surface area (Å²) < 4.78 is 66.6. The second kappa shape index (κ2) is 31.0. The zero-order valence-corrected chi connectivity index (χ0v) is 40.5. The second-order valence-electron chi connectivity index (χ2n) is 17.4. The zero-order valence-electron chi connectivity index (χ0n) is 40.5. The maximum absolute atomic E-state index is 14.8. The summed E-state index contributed by atoms with van der Waals surface area (Å²) in [6, 6.07) is 24.8. The van der Waals surface area contributed by atoms with Crippen molar-refractivity contribution in [1.29, 1.82) is 0 Å². The van der Waals surface area contributed by atoms with Crippen LogP contribution in [0.3, 0.4) is 0 Å². The Morgan fingerprint density at radius 1 is 0.420 bits per heavy atom. The topological polar surface area (TPSA) is 95.8 Å². The van der Waals surface area contributed by atoms with Gasteiger partial charge < -0.3 is 18.9 Å². The molecule has 368 valence electrons. The first-order valence-electron chi connectivity index (χ1n) is 25.1. The van der Waals surface area contributed by atoms with Gasteiger partial charge >= 0.3 is 11.9 Å². The molecule has 0 amide bonds. The molecule has 0 bridgehead atoms. The van der Waals surface area contributed by atoms with Gasteiger partial charge in [0.1, 0.15) is 28.8 Å². The quantitative estimate of drug-likeness (QED) is 0.0184. The van der Waals surface area contributed by atoms with Crippen LogP contribution in [0.2, 0.25) is 0 Å². The molecular weight excluding hydrogens is 878 g/mol. The van der Waals surface area contributed by atoms with E-state index in [0.29, 0.717) is 35.8 Å². The fourth-order valence-electron chi connectivity index (χ4n) is 7.61. The molecule has 0 saturated heterocycles. The van der Waals surface area contributed by atoms with Crippen LogP contribution in [0.5, 0.6) is 23.0 Å². The summed E-state index contributed by atoms with van der Waals surface area (Å²) in [5.41, 5.74) is 1.82. The number of esters is 2. The smallest absolute Gasteiger partial charge is 0.343 e. The normalized spacial score (nSPS) is 11.4. The molecule has 69 heavy (non-hydrogen) atoms. The Bertz CT molecular complexity index is 2210. The van der Waals surface area contributed by atoms with E-state index in [1.54, 1.807) is 48.5 Å². The third kappa shape index (κ3) is 20.5. The van der Waals surface area contributed by atoms with E-state index >= 15 is 0 Å². The monoisotopic (exact) mass is 947 g/mol. The van der Waals surface area contributed by atoms with Crippen molar-refractivity contribution in [2.45, 2.75) is 142 Å². The molecule has 0 radical (unpaired) electrons. The van der Waals surface area contributed by atoms with Crippen molar-refractivity contribution in [3.8, 4) is 23.0 Å². The number of aliphatic imine (C=N–C) groups is 2. The third-order valence-corrected chi connectivity index (χ3v) is 11.6. The molecule has 0 saturated carbocycles. The van der Waals surface area contributed by atoms with Gasteiger partial charge in [-0.25, -0.2) is 22.8 Å². The molecule has 0 spiro atoms. The Labute approximate surface area is 407 Å². The molecule has 5 aromatic rings. The van der Waals surface area contributed by atoms with Crippen LogP contribution in [-0.2, 0) is 0 Å². The van der Waals surface area contributed by atoms with Gasteiger partial charge in [0.25, 0.3) is 0 Å². The molecule has 0 heterocycles. The number of halogens is 3. The van der Waals surface area contributed by atoms with E-state index in [0.717, 1.165) is 37.8 Å². The summed E-state index contributed by atoms with van der Waals surface area (Å²) in [5, 5.41) is 0. The highest BCUT2D eigenvalue weighted by Crippen LogP contribution is 2.27. The second-order valence-corrected chi connectivity index (χ2v) is 17.4. The molecule has 5 rings (SSSR count). The van der Waals surface area contributed by atoms with E-state index in [4.69, 9.17) is 18.9 Å². The van der Waals surface area contributed by atoms with Crippen LogP contribution in [0.25, 0.3) is 0 Å². The molecule has 0 aliphatic heterocycles. The van der Waals surface area contributed by atoms with Crippen LogP contribution in [0.1, 0.15) is 174 Å². The maximum atomic E-state index is 14.8. The van der Waals surface area contributed by atoms with Gasteiger partial charge in [0.15, 0.2) is 11.6 Å². The predicted molar refractivity (Wildman–Crippen MR) is 271 cm³/mol. The minimum Gasteiger partial charge on any atom is -0.493 e. The van der Waals surface area contributed by atoms with E-state index in [1.165, 1.54) is 158 Å². The number of hydrogen-bond acceptors (Lipinski definition) is 8. The van der Waals surface area contributed by atoms with Crippen LogP contribution < -0.4 is 18.9 Å². The lowest BCUT2D eigenvalue weighted by Crippen LogP contribution is -2.11. The van der Waals surface area contributed by atoms with Crippen molar-refractivity contribution < 1.29 is 41.7 Å². The third-order valence-electron chi connectivity index (χ3n) is 11.6. The zero-order chi connectivity index (χ0) is 48.9. The summed E-state index contributed by atoms with van der Waals surface area (Å²) in [7, 11) is 0. The number of rotatable bonds is 32. The van der Waals surface area contributed by atoms with Crippen LogP contribution in [0.15, 0.2) is 113 Å². The number of benzene rings is 5. The molecule has 0 aliphatic rings. The number of carbonyl (C=O) groups excluding carboxylic acids is 2. The Morgan fingerprint density at radius 3 is 1.12 bits per heavy atom. The Balaban J connectivity index is 1.02. The van der Waals surface area contributed by atoms with Gasteiger partial charge in [-0.1, -0.05) is 154 Å². The minimum atomic E-state index is -0.789. The number of carbonyl (C=O) groups is 2. The van der Waals surface area contributed by atoms with Gasteiger partial charge in [0, 0.05) is 42.8 Å². The molecule has 0 N–H and O–H groups in total. The lowest BCUT2D eigenvalue weighted by atomic mass is 10.1. The molecule has 0 aromatic heterocycles. The first kappa shape index (κ1) is 53.7. The van der Waals surface area contributed by atoms with E-state index in [2.05, 4.69) is 23.8 Å². The SMILES string of the molecule is CCCCCCCCCCCCOc1ccc(N=Cc2ccc(C(=O)Oc3cc(F)cc(OC(=O)c4ccc(C=Nc5ccc(OCCCCCCCCCCCC)cc5F)cc4)c3)cc2)c(F)c1. The fourth-order valence-corrected chi connectivity index (χ4v) is 7.61. The van der Waals surface area contributed by atoms with Crippen LogP contribution in [-0.4, -0.2) is 37.6 Å². The number of unbranched alkanes of at least 4 members (excludes halogenated alkanes) is 18. The fraction of sp³-hybridized carbons (Fsp3) is 0.414. The maximum Gasteiger partial charge on any atom is 0.343 e. The average molecular weight is 947 g/mol. The summed E-state index contributed by atoms with van der Waals surface area (Å²) in [5.74, 6) is -2.80. The first-order valence-corrected chi connectivity index (χ1v) is 25.1. The number of hydrogen-bond donors (Lipinski definition) is 0. The standard InChI is InChI=1S/C58H69F3N2O6/c1-3-5-7-9-11-13-15-17-19-21-35-66-49-31-33-55(53(60)40-49)62-42-44-23-27-46(28-24-44)57(64)68-51-37-48(59)38-52(39-51)69-58(65)47-29-25-45(26-30-47)43-63-56-34-32-50(41-54(56)61)67-36-22-20-18-16-14-12-10-8-6-4-2/h23-34,37-43H,3-22,35-36H2,1-2H3. The summed E-state index contributed by atoms with van der Waals surface area (Å²) in [4.78, 5) is 34.5. The van der Waals surface area contributed by atoms with E-state index in [1.807, 2.05) is 0 Å². The Hall–Kier alpha value is -6.23. The number of ether oxygens (including phenoxy) is 4. The lowest BCUT2D eigenvalue weighted by Gasteiger charge is -2.09. The molecule has 0 aliphatic carbocycles. The van der Waals surface area contributed by atoms with Gasteiger partial charge in [0.05, 0.1) is 35.7 Å². The van der Waals surface area contributed by atoms with Crippen LogP contribution in [0, 0.1) is 17.5 Å². The first-order chi connectivity index (χ1) is 33.7. The minimum absolute atomic E-state index is 0.143. The summed E-state index contributed by atoms with van der Waals surface area (Å²) in [6.45, 7) is 5.53. The van der Waals surface area contributed by atoms with Gasteiger partial charge in [-0.05, 0) is 72.5 Å². The van der Waals surface area contributed by atoms with Gasteiger partial charge in [-0.15, -0.1) is 0 Å². The summed E-state index contributed by atoms with van der Waals surface area (Å²) in [6.07, 6.45) is 27.5. The van der Waals surface area contributed by atoms with Gasteiger partial charge in [0.2, 0.25) is 0 Å². The van der Waals surface area contributed by atoms with E-state index in [9.17, 15) is 22.8 Å². The molecule has 11 heteroatoms. The van der Waals surface area contributed by atoms with E-state index < -0.39 is 29.4 Å². The molecular formula is C58H69F3N2O6. The number of nitrogens with zero attached hydrogens (tertiary/aromatic N) is 2. The average Bonchev–Trinajstić information content (AvgIpc) is 3.34. The van der Waals surface area contributed by atoms with Gasteiger partial charge in [-0.3, -0.25) is 9.98 Å². The Morgan fingerprint density at radius 2 is 0.768 bits per heavy atom. The van der Waals surface area contributed by atoms with Crippen molar-refractivity contribution in [3.63, 3.8) is 0 Å².